The van der Waals surface area contributed by atoms with E-state index in [1.54, 1.807) is 7.11 Å². The van der Waals surface area contributed by atoms with Gasteiger partial charge in [0.05, 0.1) is 11.7 Å². The molecule has 0 saturated heterocycles. The predicted octanol–water partition coefficient (Wildman–Crippen LogP) is 2.87. The van der Waals surface area contributed by atoms with Gasteiger partial charge in [0.15, 0.2) is 5.78 Å². The van der Waals surface area contributed by atoms with Crippen LogP contribution in [0, 0.1) is 28.1 Å². The number of Topliss-reactive ketones (excluding diaryl/α,β-unsaturated/α-hetero) is 1. The number of hydrogen-bond acceptors (Lipinski definition) is 3. The van der Waals surface area contributed by atoms with Crippen molar-refractivity contribution in [2.45, 2.75) is 46.1 Å². The Morgan fingerprint density at radius 3 is 2.61 bits per heavy atom. The van der Waals surface area contributed by atoms with Gasteiger partial charge in [0.25, 0.3) is 0 Å². The zero-order valence-corrected chi connectivity index (χ0v) is 11.6. The maximum atomic E-state index is 12.3. The third kappa shape index (κ3) is 1.80. The number of carbonyl (C=O) groups is 1. The highest BCUT2D eigenvalue weighted by molar-refractivity contribution is 6.04. The topological polar surface area (TPSA) is 50.1 Å². The van der Waals surface area contributed by atoms with Gasteiger partial charge in [-0.1, -0.05) is 26.8 Å². The number of fused-ring (bicyclic) bond motifs is 1. The fourth-order valence-corrected chi connectivity index (χ4v) is 3.95. The van der Waals surface area contributed by atoms with Gasteiger partial charge in [0, 0.05) is 12.5 Å². The molecule has 0 radical (unpaired) electrons. The van der Waals surface area contributed by atoms with Gasteiger partial charge in [0.1, 0.15) is 6.07 Å². The Balaban J connectivity index is 2.46. The molecule has 3 atom stereocenters. The van der Waals surface area contributed by atoms with E-state index < -0.39 is 5.41 Å². The van der Waals surface area contributed by atoms with Crippen molar-refractivity contribution in [1.29, 1.82) is 5.26 Å². The summed E-state index contributed by atoms with van der Waals surface area (Å²) in [5.74, 6) is 0.310. The van der Waals surface area contributed by atoms with E-state index >= 15 is 0 Å². The lowest BCUT2D eigenvalue weighted by Gasteiger charge is -2.51. The Morgan fingerprint density at radius 1 is 1.39 bits per heavy atom. The molecule has 0 aromatic rings. The molecule has 0 aromatic heterocycles. The maximum Gasteiger partial charge on any atom is 0.178 e. The molecule has 98 valence electrons. The average Bonchev–Trinajstić information content (AvgIpc) is 2.33. The third-order valence-corrected chi connectivity index (χ3v) is 4.87. The van der Waals surface area contributed by atoms with Gasteiger partial charge in [-0.15, -0.1) is 0 Å². The molecular formula is C15H21NO2. The summed E-state index contributed by atoms with van der Waals surface area (Å²) in [6.45, 7) is 6.12. The summed E-state index contributed by atoms with van der Waals surface area (Å²) < 4.78 is 5.47. The van der Waals surface area contributed by atoms with Crippen LogP contribution in [0.1, 0.15) is 40.0 Å². The molecule has 1 fully saturated rings. The predicted molar refractivity (Wildman–Crippen MR) is 68.7 cm³/mol. The van der Waals surface area contributed by atoms with Gasteiger partial charge in [-0.3, -0.25) is 4.79 Å². The minimum Gasteiger partial charge on any atom is -0.381 e. The Morgan fingerprint density at radius 2 is 2.06 bits per heavy atom. The van der Waals surface area contributed by atoms with Gasteiger partial charge in [-0.25, -0.2) is 0 Å². The lowest BCUT2D eigenvalue weighted by Crippen LogP contribution is -2.50. The molecular weight excluding hydrogens is 226 g/mol. The summed E-state index contributed by atoms with van der Waals surface area (Å²) in [4.78, 5) is 12.3. The van der Waals surface area contributed by atoms with Gasteiger partial charge in [-0.05, 0) is 30.6 Å². The first-order chi connectivity index (χ1) is 8.35. The summed E-state index contributed by atoms with van der Waals surface area (Å²) >= 11 is 0. The molecule has 2 rings (SSSR count). The number of ether oxygens (including phenoxy) is 1. The normalized spacial score (nSPS) is 38.6. The molecule has 2 aliphatic carbocycles. The Labute approximate surface area is 109 Å². The van der Waals surface area contributed by atoms with Crippen LogP contribution in [0.5, 0.6) is 0 Å². The third-order valence-electron chi connectivity index (χ3n) is 4.87. The van der Waals surface area contributed by atoms with Crippen molar-refractivity contribution < 1.29 is 9.53 Å². The lowest BCUT2D eigenvalue weighted by molar-refractivity contribution is -0.133. The van der Waals surface area contributed by atoms with E-state index in [1.807, 2.05) is 19.9 Å². The van der Waals surface area contributed by atoms with E-state index in [2.05, 4.69) is 13.0 Å². The van der Waals surface area contributed by atoms with Crippen molar-refractivity contribution >= 4 is 5.78 Å². The number of nitriles is 1. The van der Waals surface area contributed by atoms with Crippen LogP contribution in [0.15, 0.2) is 11.6 Å². The first kappa shape index (κ1) is 13.3. The highest BCUT2D eigenvalue weighted by Gasteiger charge is 2.53. The number of nitrogens with zero attached hydrogens (tertiary/aromatic N) is 1. The second-order valence-corrected chi connectivity index (χ2v) is 6.42. The number of rotatable bonds is 1. The molecule has 3 nitrogen and oxygen atoms in total. The highest BCUT2D eigenvalue weighted by atomic mass is 16.5. The van der Waals surface area contributed by atoms with Crippen LogP contribution in [-0.4, -0.2) is 19.0 Å². The van der Waals surface area contributed by atoms with Crippen molar-refractivity contribution in [3.63, 3.8) is 0 Å². The van der Waals surface area contributed by atoms with Gasteiger partial charge >= 0.3 is 0 Å². The van der Waals surface area contributed by atoms with Crippen LogP contribution in [0.3, 0.4) is 0 Å². The zero-order valence-electron chi connectivity index (χ0n) is 11.6. The quantitative estimate of drug-likeness (QED) is 0.716. The number of hydrogen-bond donors (Lipinski definition) is 0. The summed E-state index contributed by atoms with van der Waals surface area (Å²) in [5, 5.41) is 9.15. The van der Waals surface area contributed by atoms with Crippen LogP contribution in [0.2, 0.25) is 0 Å². The molecule has 2 aliphatic rings. The summed E-state index contributed by atoms with van der Waals surface area (Å²) in [6.07, 6.45) is 5.03. The molecule has 18 heavy (non-hydrogen) atoms. The SMILES string of the molecule is CO[C@H]1CC[C@@H]2C(C)(C)C(=O)C(C#N)=C[C@@]2(C)C1. The smallest absolute Gasteiger partial charge is 0.178 e. The standard InChI is InChI=1S/C15H21NO2/c1-14(2)12-6-5-11(18-4)8-15(12,3)7-10(9-16)13(14)17/h7,11-12H,5-6,8H2,1-4H3/t11-,12+,15-/m0/s1. The van der Waals surface area contributed by atoms with Gasteiger partial charge < -0.3 is 4.74 Å². The lowest BCUT2D eigenvalue weighted by atomic mass is 9.52. The van der Waals surface area contributed by atoms with E-state index in [0.29, 0.717) is 11.5 Å². The zero-order chi connectivity index (χ0) is 13.6. The fraction of sp³-hybridized carbons (Fsp3) is 0.733. The van der Waals surface area contributed by atoms with Crippen LogP contribution in [0.4, 0.5) is 0 Å². The molecule has 0 amide bonds. The second kappa shape index (κ2) is 4.20. The Bertz CT molecular complexity index is 444. The number of allylic oxidation sites excluding steroid dienone is 2. The minimum absolute atomic E-state index is 0.00309. The molecule has 0 aromatic carbocycles. The van der Waals surface area contributed by atoms with Crippen molar-refractivity contribution in [2.24, 2.45) is 16.7 Å². The molecule has 3 heteroatoms. The van der Waals surface area contributed by atoms with Crippen LogP contribution < -0.4 is 0 Å². The second-order valence-electron chi connectivity index (χ2n) is 6.42. The van der Waals surface area contributed by atoms with E-state index in [9.17, 15) is 4.79 Å². The monoisotopic (exact) mass is 247 g/mol. The molecule has 0 N–H and O–H groups in total. The summed E-state index contributed by atoms with van der Waals surface area (Å²) in [6, 6.07) is 2.07. The molecule has 0 unspecified atom stereocenters. The van der Waals surface area contributed by atoms with Crippen molar-refractivity contribution in [3.8, 4) is 6.07 Å². The molecule has 0 aliphatic heterocycles. The molecule has 1 saturated carbocycles. The van der Waals surface area contributed by atoms with E-state index in [1.165, 1.54) is 0 Å². The van der Waals surface area contributed by atoms with Crippen molar-refractivity contribution in [1.82, 2.24) is 0 Å². The number of ketones is 1. The average molecular weight is 247 g/mol. The molecule has 0 heterocycles. The number of methoxy groups -OCH3 is 1. The largest absolute Gasteiger partial charge is 0.381 e. The van der Waals surface area contributed by atoms with E-state index in [4.69, 9.17) is 10.00 Å². The summed E-state index contributed by atoms with van der Waals surface area (Å²) in [7, 11) is 1.74. The first-order valence-corrected chi connectivity index (χ1v) is 6.55. The molecule has 0 spiro atoms. The minimum atomic E-state index is -0.437. The van der Waals surface area contributed by atoms with E-state index in [-0.39, 0.29) is 17.3 Å². The highest BCUT2D eigenvalue weighted by Crippen LogP contribution is 2.55. The van der Waals surface area contributed by atoms with Crippen LogP contribution in [0.25, 0.3) is 0 Å². The van der Waals surface area contributed by atoms with Crippen molar-refractivity contribution in [2.75, 3.05) is 7.11 Å². The summed E-state index contributed by atoms with van der Waals surface area (Å²) in [5.41, 5.74) is -0.204. The first-order valence-electron chi connectivity index (χ1n) is 6.55. The van der Waals surface area contributed by atoms with E-state index in [0.717, 1.165) is 19.3 Å². The van der Waals surface area contributed by atoms with Gasteiger partial charge in [0.2, 0.25) is 0 Å². The maximum absolute atomic E-state index is 12.3. The van der Waals surface area contributed by atoms with Crippen molar-refractivity contribution in [3.05, 3.63) is 11.6 Å². The van der Waals surface area contributed by atoms with Crippen LogP contribution in [-0.2, 0) is 9.53 Å². The Hall–Kier alpha value is -1.14. The number of carbonyl (C=O) groups excluding carboxylic acids is 1. The molecule has 0 bridgehead atoms. The van der Waals surface area contributed by atoms with Crippen LogP contribution >= 0.6 is 0 Å². The fourth-order valence-electron chi connectivity index (χ4n) is 3.95. The van der Waals surface area contributed by atoms with Gasteiger partial charge in [-0.2, -0.15) is 5.26 Å². The Kier molecular flexibility index (Phi) is 3.11.